The molecule has 4 nitrogen and oxygen atoms in total. The van der Waals surface area contributed by atoms with Crippen LogP contribution >= 0.6 is 0 Å². The van der Waals surface area contributed by atoms with E-state index < -0.39 is 5.97 Å². The summed E-state index contributed by atoms with van der Waals surface area (Å²) in [6.07, 6.45) is 12.2. The third kappa shape index (κ3) is 6.62. The van der Waals surface area contributed by atoms with E-state index in [1.54, 1.807) is 4.57 Å². The lowest BCUT2D eigenvalue weighted by atomic mass is 9.95. The molecule has 1 aliphatic heterocycles. The lowest BCUT2D eigenvalue weighted by molar-refractivity contribution is -0.660. The highest BCUT2D eigenvalue weighted by Crippen LogP contribution is 2.52. The maximum Gasteiger partial charge on any atom is 0.370 e. The van der Waals surface area contributed by atoms with Gasteiger partial charge in [0.15, 0.2) is 6.20 Å². The Kier molecular flexibility index (Phi) is 9.70. The fraction of sp³-hybridized carbons (Fsp3) is 0.174. The Morgan fingerprint density at radius 3 is 2.12 bits per heavy atom. The van der Waals surface area contributed by atoms with Crippen LogP contribution in [0.15, 0.2) is 140 Å². The Bertz CT molecular complexity index is 2130. The molecule has 0 spiro atoms. The largest absolute Gasteiger partial charge is 0.477 e. The molecule has 1 aliphatic carbocycles. The zero-order chi connectivity index (χ0) is 34.5. The van der Waals surface area contributed by atoms with Gasteiger partial charge in [-0.1, -0.05) is 123 Å². The monoisotopic (exact) mass is 655 g/mol. The van der Waals surface area contributed by atoms with Crippen molar-refractivity contribution in [3.8, 4) is 0 Å². The van der Waals surface area contributed by atoms with E-state index in [0.717, 1.165) is 16.5 Å². The summed E-state index contributed by atoms with van der Waals surface area (Å²) in [6, 6.07) is 47.7. The third-order valence-corrected chi connectivity index (χ3v) is 9.89. The van der Waals surface area contributed by atoms with Gasteiger partial charge in [0.2, 0.25) is 12.1 Å². The first kappa shape index (κ1) is 32.8. The van der Waals surface area contributed by atoms with Crippen LogP contribution < -0.4 is 9.47 Å². The molecule has 2 unspecified atom stereocenters. The Labute approximate surface area is 295 Å². The predicted octanol–water partition coefficient (Wildman–Crippen LogP) is 10.8. The van der Waals surface area contributed by atoms with Crippen molar-refractivity contribution in [2.75, 3.05) is 4.90 Å². The zero-order valence-corrected chi connectivity index (χ0v) is 28.7. The maximum absolute atomic E-state index is 11.4. The fourth-order valence-corrected chi connectivity index (χ4v) is 7.70. The van der Waals surface area contributed by atoms with Crippen molar-refractivity contribution < 1.29 is 14.5 Å². The Hall–Kier alpha value is -5.74. The SMILES string of the molecule is CC.O=C(O)C[n+]1ccc(/C=C/c2ccc3c(c2)C2CCCC2N3c2ccc(C=C(c3ccccc3)c3ccccc3)cc2)c2ccccc21. The van der Waals surface area contributed by atoms with E-state index >= 15 is 0 Å². The smallest absolute Gasteiger partial charge is 0.370 e. The molecule has 8 rings (SSSR count). The number of anilines is 2. The van der Waals surface area contributed by atoms with Gasteiger partial charge in [-0.15, -0.1) is 0 Å². The molecule has 248 valence electrons. The number of carboxylic acid groups (broad SMARTS) is 1. The van der Waals surface area contributed by atoms with Gasteiger partial charge >= 0.3 is 5.97 Å². The lowest BCUT2D eigenvalue weighted by Gasteiger charge is -2.27. The molecule has 0 radical (unpaired) electrons. The van der Waals surface area contributed by atoms with E-state index in [1.807, 2.05) is 44.3 Å². The molecule has 2 heterocycles. The summed E-state index contributed by atoms with van der Waals surface area (Å²) in [5.74, 6) is -0.317. The number of rotatable bonds is 8. The van der Waals surface area contributed by atoms with E-state index in [0.29, 0.717) is 12.0 Å². The summed E-state index contributed by atoms with van der Waals surface area (Å²) in [4.78, 5) is 14.0. The fourth-order valence-electron chi connectivity index (χ4n) is 7.70. The normalized spacial score (nSPS) is 16.1. The molecular formula is C46H43N2O2+. The summed E-state index contributed by atoms with van der Waals surface area (Å²) in [7, 11) is 0. The van der Waals surface area contributed by atoms with Gasteiger partial charge in [0.05, 0.1) is 5.39 Å². The van der Waals surface area contributed by atoms with Crippen molar-refractivity contribution >= 4 is 52.0 Å². The molecule has 50 heavy (non-hydrogen) atoms. The van der Waals surface area contributed by atoms with Crippen molar-refractivity contribution in [3.05, 3.63) is 173 Å². The Morgan fingerprint density at radius 2 is 1.42 bits per heavy atom. The van der Waals surface area contributed by atoms with Gasteiger partial charge in [-0.25, -0.2) is 4.79 Å². The molecule has 1 saturated carbocycles. The van der Waals surface area contributed by atoms with E-state index in [2.05, 4.69) is 132 Å². The number of carboxylic acids is 1. The highest BCUT2D eigenvalue weighted by molar-refractivity contribution is 5.92. The summed E-state index contributed by atoms with van der Waals surface area (Å²) in [5, 5.41) is 10.4. The second-order valence-corrected chi connectivity index (χ2v) is 12.8. The summed E-state index contributed by atoms with van der Waals surface area (Å²) in [5.41, 5.74) is 12.0. The number of carbonyl (C=O) groups is 1. The quantitative estimate of drug-likeness (QED) is 0.131. The first-order valence-corrected chi connectivity index (χ1v) is 17.8. The number of para-hydroxylation sites is 1. The number of aliphatic carboxylic acids is 1. The van der Waals surface area contributed by atoms with E-state index in [9.17, 15) is 9.90 Å². The first-order valence-electron chi connectivity index (χ1n) is 17.8. The predicted molar refractivity (Wildman–Crippen MR) is 207 cm³/mol. The molecular weight excluding hydrogens is 613 g/mol. The van der Waals surface area contributed by atoms with Crippen LogP contribution in [0.5, 0.6) is 0 Å². The molecule has 2 atom stereocenters. The van der Waals surface area contributed by atoms with Gasteiger partial charge in [-0.2, -0.15) is 4.57 Å². The summed E-state index contributed by atoms with van der Waals surface area (Å²) >= 11 is 0. The Balaban J connectivity index is 0.00000193. The van der Waals surface area contributed by atoms with Crippen LogP contribution in [0.4, 0.5) is 11.4 Å². The van der Waals surface area contributed by atoms with Crippen molar-refractivity contribution in [3.63, 3.8) is 0 Å². The molecule has 5 aromatic carbocycles. The number of fused-ring (bicyclic) bond motifs is 4. The van der Waals surface area contributed by atoms with Gasteiger partial charge < -0.3 is 10.0 Å². The van der Waals surface area contributed by atoms with Crippen LogP contribution in [0.25, 0.3) is 34.7 Å². The molecule has 0 saturated heterocycles. The van der Waals surface area contributed by atoms with Crippen molar-refractivity contribution in [2.45, 2.75) is 51.6 Å². The molecule has 0 bridgehead atoms. The van der Waals surface area contributed by atoms with Crippen LogP contribution in [0.2, 0.25) is 0 Å². The van der Waals surface area contributed by atoms with Crippen LogP contribution in [0.3, 0.4) is 0 Å². The minimum absolute atomic E-state index is 0.0593. The van der Waals surface area contributed by atoms with Gasteiger partial charge in [0.1, 0.15) is 0 Å². The zero-order valence-electron chi connectivity index (χ0n) is 28.7. The molecule has 1 N–H and O–H groups in total. The van der Waals surface area contributed by atoms with Crippen molar-refractivity contribution in [2.24, 2.45) is 0 Å². The standard InChI is InChI=1S/C44H36N2O2.C2H6/c47-44(48)30-45-27-26-35(37-14-7-8-16-41(37)45)22-18-31-21-25-43-40(29-31)38-15-9-17-42(38)46(43)36-23-19-32(20-24-36)28-39(33-10-3-1-4-11-33)34-12-5-2-6-13-34;1-2/h1-8,10-14,16,18-29,38,42H,9,15,17,30H2;1-2H3/p+1. The van der Waals surface area contributed by atoms with Crippen molar-refractivity contribution in [1.29, 1.82) is 0 Å². The number of aromatic nitrogens is 1. The molecule has 0 amide bonds. The number of nitrogens with zero attached hydrogens (tertiary/aromatic N) is 2. The van der Waals surface area contributed by atoms with Gasteiger partial charge in [0.25, 0.3) is 0 Å². The minimum Gasteiger partial charge on any atom is -0.477 e. The van der Waals surface area contributed by atoms with Gasteiger partial charge in [0, 0.05) is 35.5 Å². The van der Waals surface area contributed by atoms with E-state index in [-0.39, 0.29) is 6.54 Å². The third-order valence-electron chi connectivity index (χ3n) is 9.89. The molecule has 4 heteroatoms. The molecule has 6 aromatic rings. The van der Waals surface area contributed by atoms with Crippen LogP contribution in [-0.2, 0) is 11.3 Å². The lowest BCUT2D eigenvalue weighted by Crippen LogP contribution is -2.38. The van der Waals surface area contributed by atoms with E-state index in [4.69, 9.17) is 0 Å². The van der Waals surface area contributed by atoms with E-state index in [1.165, 1.54) is 64.0 Å². The second kappa shape index (κ2) is 14.8. The van der Waals surface area contributed by atoms with Crippen molar-refractivity contribution in [1.82, 2.24) is 0 Å². The molecule has 1 fully saturated rings. The number of hydrogen-bond acceptors (Lipinski definition) is 2. The highest BCUT2D eigenvalue weighted by Gasteiger charge is 2.42. The average Bonchev–Trinajstić information content (AvgIpc) is 3.76. The van der Waals surface area contributed by atoms with Crippen LogP contribution in [0, 0.1) is 0 Å². The topological polar surface area (TPSA) is 44.4 Å². The van der Waals surface area contributed by atoms with Crippen LogP contribution in [0.1, 0.15) is 72.4 Å². The number of pyridine rings is 1. The second-order valence-electron chi connectivity index (χ2n) is 12.8. The van der Waals surface area contributed by atoms with Crippen LogP contribution in [-0.4, -0.2) is 17.1 Å². The minimum atomic E-state index is -0.848. The molecule has 1 aromatic heterocycles. The number of benzene rings is 5. The first-order chi connectivity index (χ1) is 24.6. The van der Waals surface area contributed by atoms with Gasteiger partial charge in [-0.3, -0.25) is 0 Å². The summed E-state index contributed by atoms with van der Waals surface area (Å²) < 4.78 is 1.79. The molecule has 2 aliphatic rings. The average molecular weight is 656 g/mol. The van der Waals surface area contributed by atoms with Gasteiger partial charge in [-0.05, 0) is 88.2 Å². The number of hydrogen-bond donors (Lipinski definition) is 1. The maximum atomic E-state index is 11.4. The highest BCUT2D eigenvalue weighted by atomic mass is 16.4. The summed E-state index contributed by atoms with van der Waals surface area (Å²) in [6.45, 7) is 3.94. The Morgan fingerprint density at radius 1 is 0.760 bits per heavy atom.